The van der Waals surface area contributed by atoms with Gasteiger partial charge < -0.3 is 14.8 Å². The first-order chi connectivity index (χ1) is 11.5. The highest BCUT2D eigenvalue weighted by atomic mass is 32.1. The summed E-state index contributed by atoms with van der Waals surface area (Å²) in [4.78, 5) is 37.1. The number of hydrogen-bond donors (Lipinski definition) is 1. The Morgan fingerprint density at radius 1 is 1.25 bits per heavy atom. The van der Waals surface area contributed by atoms with Gasteiger partial charge in [0.25, 0.3) is 5.91 Å². The fraction of sp³-hybridized carbons (Fsp3) is 0.588. The van der Waals surface area contributed by atoms with Crippen LogP contribution in [0.1, 0.15) is 47.5 Å². The Labute approximate surface area is 144 Å². The zero-order valence-corrected chi connectivity index (χ0v) is 14.7. The van der Waals surface area contributed by atoms with Crippen LogP contribution in [-0.2, 0) is 31.9 Å². The number of nitrogens with one attached hydrogen (secondary N) is 1. The second-order valence-corrected chi connectivity index (χ2v) is 7.36. The van der Waals surface area contributed by atoms with Crippen LogP contribution in [0.25, 0.3) is 0 Å². The van der Waals surface area contributed by atoms with Crippen LogP contribution >= 0.6 is 11.3 Å². The van der Waals surface area contributed by atoms with E-state index >= 15 is 0 Å². The fourth-order valence-corrected chi connectivity index (χ4v) is 4.26. The van der Waals surface area contributed by atoms with Crippen molar-refractivity contribution in [2.75, 3.05) is 18.5 Å². The summed E-state index contributed by atoms with van der Waals surface area (Å²) in [6, 6.07) is 0. The highest BCUT2D eigenvalue weighted by Crippen LogP contribution is 2.40. The third kappa shape index (κ3) is 3.45. The maximum Gasteiger partial charge on any atom is 0.341 e. The largest absolute Gasteiger partial charge is 0.462 e. The van der Waals surface area contributed by atoms with Gasteiger partial charge in [-0.1, -0.05) is 6.92 Å². The summed E-state index contributed by atoms with van der Waals surface area (Å²) in [6.45, 7) is 3.69. The highest BCUT2D eigenvalue weighted by molar-refractivity contribution is 7.17. The zero-order chi connectivity index (χ0) is 17.3. The molecular formula is C17H21NO5S. The molecule has 1 aromatic heterocycles. The van der Waals surface area contributed by atoms with E-state index in [0.717, 1.165) is 36.1 Å². The van der Waals surface area contributed by atoms with Crippen molar-refractivity contribution < 1.29 is 23.9 Å². The average Bonchev–Trinajstić information content (AvgIpc) is 2.94. The quantitative estimate of drug-likeness (QED) is 0.797. The molecule has 7 heteroatoms. The van der Waals surface area contributed by atoms with Gasteiger partial charge in [-0.15, -0.1) is 11.3 Å². The number of ether oxygens (including phenoxy) is 2. The Morgan fingerprint density at radius 3 is 2.67 bits per heavy atom. The average molecular weight is 351 g/mol. The van der Waals surface area contributed by atoms with Crippen LogP contribution in [0, 0.1) is 11.8 Å². The van der Waals surface area contributed by atoms with Crippen LogP contribution in [0.5, 0.6) is 0 Å². The minimum absolute atomic E-state index is 0.0709. The molecule has 1 N–H and O–H groups in total. The summed E-state index contributed by atoms with van der Waals surface area (Å²) >= 11 is 1.41. The van der Waals surface area contributed by atoms with Crippen LogP contribution < -0.4 is 5.32 Å². The molecule has 130 valence electrons. The first-order valence-corrected chi connectivity index (χ1v) is 9.11. The number of fused-ring (bicyclic) bond motifs is 1. The number of thiophene rings is 1. The summed E-state index contributed by atoms with van der Waals surface area (Å²) in [6.07, 6.45) is 3.57. The molecule has 0 radical (unpaired) electrons. The highest BCUT2D eigenvalue weighted by Gasteiger charge is 2.40. The predicted molar refractivity (Wildman–Crippen MR) is 89.2 cm³/mol. The van der Waals surface area contributed by atoms with Crippen molar-refractivity contribution in [1.29, 1.82) is 0 Å². The lowest BCUT2D eigenvalue weighted by Gasteiger charge is -2.08. The molecule has 0 bridgehead atoms. The molecule has 3 rings (SSSR count). The Balaban J connectivity index is 1.65. The third-order valence-electron chi connectivity index (χ3n) is 4.41. The monoisotopic (exact) mass is 351 g/mol. The van der Waals surface area contributed by atoms with Gasteiger partial charge in [-0.05, 0) is 44.1 Å². The Morgan fingerprint density at radius 2 is 2.00 bits per heavy atom. The molecule has 1 saturated carbocycles. The van der Waals surface area contributed by atoms with Gasteiger partial charge in [0, 0.05) is 4.88 Å². The number of amides is 1. The number of aryl methyl sites for hydroxylation is 1. The van der Waals surface area contributed by atoms with Crippen molar-refractivity contribution in [2.24, 2.45) is 11.8 Å². The smallest absolute Gasteiger partial charge is 0.341 e. The van der Waals surface area contributed by atoms with E-state index in [4.69, 9.17) is 9.47 Å². The second kappa shape index (κ2) is 6.93. The molecular weight excluding hydrogens is 330 g/mol. The standard InChI is InChI=1S/C17H21NO5S/c1-3-22-17(21)14-10-5-4-6-12(10)24-15(14)18-13(19)8-23-16(20)11-7-9(11)2/h9,11H,3-8H2,1-2H3,(H,18,19)/t9-,11+/m0/s1. The molecule has 1 fully saturated rings. The Kier molecular flexibility index (Phi) is 4.89. The third-order valence-corrected chi connectivity index (χ3v) is 5.62. The van der Waals surface area contributed by atoms with Crippen LogP contribution in [0.2, 0.25) is 0 Å². The van der Waals surface area contributed by atoms with E-state index in [1.54, 1.807) is 6.92 Å². The maximum absolute atomic E-state index is 12.2. The van der Waals surface area contributed by atoms with Gasteiger partial charge in [0.05, 0.1) is 18.1 Å². The summed E-state index contributed by atoms with van der Waals surface area (Å²) in [5, 5.41) is 3.21. The van der Waals surface area contributed by atoms with Crippen molar-refractivity contribution in [2.45, 2.75) is 39.5 Å². The van der Waals surface area contributed by atoms with Crippen LogP contribution in [-0.4, -0.2) is 31.1 Å². The van der Waals surface area contributed by atoms with Crippen LogP contribution in [0.4, 0.5) is 5.00 Å². The minimum atomic E-state index is -0.429. The number of anilines is 1. The van der Waals surface area contributed by atoms with E-state index in [0.29, 0.717) is 16.5 Å². The SMILES string of the molecule is CCOC(=O)c1c(NC(=O)COC(=O)[C@@H]2C[C@@H]2C)sc2c1CCC2. The van der Waals surface area contributed by atoms with Crippen molar-refractivity contribution in [3.63, 3.8) is 0 Å². The normalized spacial score (nSPS) is 21.1. The summed E-state index contributed by atoms with van der Waals surface area (Å²) < 4.78 is 10.1. The summed E-state index contributed by atoms with van der Waals surface area (Å²) in [5.74, 6) is -0.884. The van der Waals surface area contributed by atoms with Crippen LogP contribution in [0.15, 0.2) is 0 Å². The molecule has 0 saturated heterocycles. The molecule has 1 heterocycles. The van der Waals surface area contributed by atoms with Gasteiger partial charge in [-0.3, -0.25) is 9.59 Å². The van der Waals surface area contributed by atoms with Crippen LogP contribution in [0.3, 0.4) is 0 Å². The minimum Gasteiger partial charge on any atom is -0.462 e. The Bertz CT molecular complexity index is 681. The molecule has 0 spiro atoms. The molecule has 2 aliphatic rings. The number of esters is 2. The summed E-state index contributed by atoms with van der Waals surface area (Å²) in [7, 11) is 0. The van der Waals surface area contributed by atoms with Crippen molar-refractivity contribution in [3.8, 4) is 0 Å². The van der Waals surface area contributed by atoms with E-state index < -0.39 is 11.9 Å². The topological polar surface area (TPSA) is 81.7 Å². The van der Waals surface area contributed by atoms with E-state index in [-0.39, 0.29) is 25.1 Å². The second-order valence-electron chi connectivity index (χ2n) is 6.26. The van der Waals surface area contributed by atoms with Gasteiger partial charge in [-0.25, -0.2) is 4.79 Å². The van der Waals surface area contributed by atoms with E-state index in [1.807, 2.05) is 6.92 Å². The van der Waals surface area contributed by atoms with Gasteiger partial charge >= 0.3 is 11.9 Å². The lowest BCUT2D eigenvalue weighted by Crippen LogP contribution is -2.22. The van der Waals surface area contributed by atoms with Crippen molar-refractivity contribution >= 4 is 34.2 Å². The summed E-state index contributed by atoms with van der Waals surface area (Å²) in [5.41, 5.74) is 1.45. The first-order valence-electron chi connectivity index (χ1n) is 8.29. The van der Waals surface area contributed by atoms with Crippen molar-refractivity contribution in [1.82, 2.24) is 0 Å². The molecule has 0 unspecified atom stereocenters. The first kappa shape index (κ1) is 17.0. The number of carbonyl (C=O) groups is 3. The molecule has 24 heavy (non-hydrogen) atoms. The number of hydrogen-bond acceptors (Lipinski definition) is 6. The van der Waals surface area contributed by atoms with Gasteiger partial charge in [0.1, 0.15) is 5.00 Å². The van der Waals surface area contributed by atoms with Gasteiger partial charge in [-0.2, -0.15) is 0 Å². The molecule has 1 aromatic rings. The zero-order valence-electron chi connectivity index (χ0n) is 13.8. The van der Waals surface area contributed by atoms with E-state index in [1.165, 1.54) is 11.3 Å². The molecule has 0 aliphatic heterocycles. The lowest BCUT2D eigenvalue weighted by atomic mass is 10.1. The number of carbonyl (C=O) groups excluding carboxylic acids is 3. The molecule has 2 atom stereocenters. The number of rotatable bonds is 6. The molecule has 6 nitrogen and oxygen atoms in total. The maximum atomic E-state index is 12.2. The lowest BCUT2D eigenvalue weighted by molar-refractivity contribution is -0.148. The van der Waals surface area contributed by atoms with E-state index in [9.17, 15) is 14.4 Å². The fourth-order valence-electron chi connectivity index (χ4n) is 2.97. The predicted octanol–water partition coefficient (Wildman–Crippen LogP) is 2.55. The Hall–Kier alpha value is -1.89. The molecule has 1 amide bonds. The van der Waals surface area contributed by atoms with Gasteiger partial charge in [0.15, 0.2) is 6.61 Å². The molecule has 0 aromatic carbocycles. The van der Waals surface area contributed by atoms with E-state index in [2.05, 4.69) is 5.32 Å². The van der Waals surface area contributed by atoms with Gasteiger partial charge in [0.2, 0.25) is 0 Å². The molecule has 2 aliphatic carbocycles. The van der Waals surface area contributed by atoms with Crippen molar-refractivity contribution in [3.05, 3.63) is 16.0 Å².